The summed E-state index contributed by atoms with van der Waals surface area (Å²) in [5.41, 5.74) is 3.37. The molecule has 7 nitrogen and oxygen atoms in total. The van der Waals surface area contributed by atoms with E-state index in [0.717, 1.165) is 11.3 Å². The summed E-state index contributed by atoms with van der Waals surface area (Å²) in [4.78, 5) is 14.7. The van der Waals surface area contributed by atoms with E-state index in [1.165, 1.54) is 6.07 Å². The van der Waals surface area contributed by atoms with Crippen LogP contribution in [0.15, 0.2) is 90.6 Å². The van der Waals surface area contributed by atoms with Crippen LogP contribution in [0, 0.1) is 17.1 Å². The Bertz CT molecular complexity index is 1480. The van der Waals surface area contributed by atoms with Gasteiger partial charge in [0.15, 0.2) is 0 Å². The Morgan fingerprint density at radius 3 is 2.45 bits per heavy atom. The number of carbonyl (C=O) groups is 1. The average Bonchev–Trinajstić information content (AvgIpc) is 3.40. The van der Waals surface area contributed by atoms with Gasteiger partial charge in [0.1, 0.15) is 29.8 Å². The third kappa shape index (κ3) is 5.64. The second-order valence-electron chi connectivity index (χ2n) is 8.69. The maximum atomic E-state index is 13.9. The quantitative estimate of drug-likeness (QED) is 0.259. The van der Waals surface area contributed by atoms with Crippen LogP contribution in [0.2, 0.25) is 0 Å². The highest BCUT2D eigenvalue weighted by molar-refractivity contribution is 6.02. The molecule has 0 saturated carbocycles. The van der Waals surface area contributed by atoms with Gasteiger partial charge >= 0.3 is 0 Å². The molecule has 0 aliphatic carbocycles. The van der Waals surface area contributed by atoms with E-state index in [9.17, 15) is 14.4 Å². The van der Waals surface area contributed by atoms with Crippen LogP contribution in [0.25, 0.3) is 23.0 Å². The highest BCUT2D eigenvalue weighted by Gasteiger charge is 2.22. The maximum Gasteiger partial charge on any atom is 0.264 e. The summed E-state index contributed by atoms with van der Waals surface area (Å²) in [6.07, 6.45) is 3.39. The van der Waals surface area contributed by atoms with E-state index in [1.807, 2.05) is 42.5 Å². The van der Waals surface area contributed by atoms with E-state index in [-0.39, 0.29) is 23.9 Å². The average molecular weight is 509 g/mol. The molecule has 1 aromatic heterocycles. The summed E-state index contributed by atoms with van der Waals surface area (Å²) in [7, 11) is 0. The predicted molar refractivity (Wildman–Crippen MR) is 141 cm³/mol. The number of carbonyl (C=O) groups excluding carboxylic acids is 1. The van der Waals surface area contributed by atoms with E-state index < -0.39 is 0 Å². The topological polar surface area (TPSA) is 80.4 Å². The molecule has 0 spiro atoms. The van der Waals surface area contributed by atoms with Crippen LogP contribution in [-0.2, 0) is 16.1 Å². The minimum Gasteiger partial charge on any atom is -0.489 e. The Morgan fingerprint density at radius 1 is 1.03 bits per heavy atom. The zero-order valence-electron chi connectivity index (χ0n) is 20.6. The lowest BCUT2D eigenvalue weighted by Gasteiger charge is -2.26. The molecule has 0 atom stereocenters. The number of nitriles is 1. The van der Waals surface area contributed by atoms with E-state index in [4.69, 9.17) is 14.6 Å². The number of benzene rings is 3. The summed E-state index contributed by atoms with van der Waals surface area (Å²) in [5.74, 6) is -0.0603. The predicted octanol–water partition coefficient (Wildman–Crippen LogP) is 5.02. The molecule has 5 rings (SSSR count). The highest BCUT2D eigenvalue weighted by atomic mass is 19.1. The Hall–Kier alpha value is -4.74. The zero-order chi connectivity index (χ0) is 26.3. The van der Waals surface area contributed by atoms with E-state index >= 15 is 0 Å². The number of nitrogens with zero attached hydrogens (tertiary/aromatic N) is 4. The van der Waals surface area contributed by atoms with Gasteiger partial charge in [-0.15, -0.1) is 0 Å². The number of aromatic nitrogens is 2. The van der Waals surface area contributed by atoms with Crippen LogP contribution >= 0.6 is 0 Å². The number of ether oxygens (including phenoxy) is 2. The molecule has 4 aromatic rings. The van der Waals surface area contributed by atoms with Gasteiger partial charge in [0, 0.05) is 36.0 Å². The van der Waals surface area contributed by atoms with Gasteiger partial charge in [-0.3, -0.25) is 4.79 Å². The van der Waals surface area contributed by atoms with Crippen LogP contribution in [0.3, 0.4) is 0 Å². The van der Waals surface area contributed by atoms with Crippen molar-refractivity contribution in [1.29, 1.82) is 5.26 Å². The molecule has 190 valence electrons. The van der Waals surface area contributed by atoms with Gasteiger partial charge in [0.2, 0.25) is 0 Å². The van der Waals surface area contributed by atoms with E-state index in [1.54, 1.807) is 52.2 Å². The third-order valence-electron chi connectivity index (χ3n) is 6.19. The number of halogens is 1. The first-order valence-electron chi connectivity index (χ1n) is 12.2. The van der Waals surface area contributed by atoms with Crippen molar-refractivity contribution in [2.45, 2.75) is 6.61 Å². The Labute approximate surface area is 220 Å². The van der Waals surface area contributed by atoms with Gasteiger partial charge < -0.3 is 14.4 Å². The fourth-order valence-electron chi connectivity index (χ4n) is 4.15. The molecule has 1 fully saturated rings. The fourth-order valence-corrected chi connectivity index (χ4v) is 4.15. The number of amides is 1. The van der Waals surface area contributed by atoms with E-state index in [0.29, 0.717) is 48.9 Å². The van der Waals surface area contributed by atoms with Crippen molar-refractivity contribution < 1.29 is 18.7 Å². The SMILES string of the molecule is N#C/C(=C/c1cn(-c2ccccc2)nc1-c1ccc(OCc2ccccc2F)cc1)C(=O)N1CCOCC1. The molecule has 0 bridgehead atoms. The molecule has 2 heterocycles. The van der Waals surface area contributed by atoms with Crippen LogP contribution in [0.1, 0.15) is 11.1 Å². The number of hydrogen-bond donors (Lipinski definition) is 0. The minimum atomic E-state index is -0.328. The number of morpholine rings is 1. The van der Waals surface area contributed by atoms with Crippen LogP contribution in [0.5, 0.6) is 5.75 Å². The number of rotatable bonds is 7. The number of hydrogen-bond acceptors (Lipinski definition) is 5. The summed E-state index contributed by atoms with van der Waals surface area (Å²) in [6.45, 7) is 1.91. The Kier molecular flexibility index (Phi) is 7.57. The largest absolute Gasteiger partial charge is 0.489 e. The fraction of sp³-hybridized carbons (Fsp3) is 0.167. The summed E-state index contributed by atoms with van der Waals surface area (Å²) in [5, 5.41) is 14.6. The van der Waals surface area contributed by atoms with Crippen LogP contribution in [-0.4, -0.2) is 46.9 Å². The standard InChI is InChI=1S/C30H25FN4O3/c31-28-9-5-4-6-23(28)21-38-27-12-10-22(11-13-27)29-25(20-35(33-29)26-7-2-1-3-8-26)18-24(19-32)30(36)34-14-16-37-17-15-34/h1-13,18,20H,14-17,21H2/b24-18-. The molecule has 0 radical (unpaired) electrons. The van der Waals surface area contributed by atoms with Crippen molar-refractivity contribution in [3.8, 4) is 28.8 Å². The van der Waals surface area contributed by atoms with Gasteiger partial charge in [0.25, 0.3) is 5.91 Å². The number of para-hydroxylation sites is 1. The van der Waals surface area contributed by atoms with Crippen molar-refractivity contribution >= 4 is 12.0 Å². The first kappa shape index (κ1) is 24.9. The molecule has 0 N–H and O–H groups in total. The monoisotopic (exact) mass is 508 g/mol. The zero-order valence-corrected chi connectivity index (χ0v) is 20.6. The minimum absolute atomic E-state index is 0.0330. The molecule has 0 unspecified atom stereocenters. The van der Waals surface area contributed by atoms with Crippen LogP contribution in [0.4, 0.5) is 4.39 Å². The van der Waals surface area contributed by atoms with Gasteiger partial charge in [-0.05, 0) is 48.5 Å². The molecule has 1 saturated heterocycles. The third-order valence-corrected chi connectivity index (χ3v) is 6.19. The Balaban J connectivity index is 1.45. The van der Waals surface area contributed by atoms with Crippen molar-refractivity contribution in [1.82, 2.24) is 14.7 Å². The smallest absolute Gasteiger partial charge is 0.264 e. The van der Waals surface area contributed by atoms with Crippen molar-refractivity contribution in [2.24, 2.45) is 0 Å². The highest BCUT2D eigenvalue weighted by Crippen LogP contribution is 2.28. The van der Waals surface area contributed by atoms with E-state index in [2.05, 4.69) is 6.07 Å². The lowest BCUT2D eigenvalue weighted by molar-refractivity contribution is -0.130. The summed E-state index contributed by atoms with van der Waals surface area (Å²) < 4.78 is 26.7. The molecule has 1 aliphatic heterocycles. The van der Waals surface area contributed by atoms with Gasteiger partial charge in [-0.2, -0.15) is 10.4 Å². The molecule has 3 aromatic carbocycles. The molecule has 1 amide bonds. The van der Waals surface area contributed by atoms with Crippen molar-refractivity contribution in [2.75, 3.05) is 26.3 Å². The first-order chi connectivity index (χ1) is 18.6. The maximum absolute atomic E-state index is 13.9. The first-order valence-corrected chi connectivity index (χ1v) is 12.2. The van der Waals surface area contributed by atoms with Gasteiger partial charge in [-0.1, -0.05) is 36.4 Å². The lowest BCUT2D eigenvalue weighted by atomic mass is 10.1. The van der Waals surface area contributed by atoms with Crippen LogP contribution < -0.4 is 4.74 Å². The Morgan fingerprint density at radius 2 is 1.74 bits per heavy atom. The summed E-state index contributed by atoms with van der Waals surface area (Å²) in [6, 6.07) is 25.4. The van der Waals surface area contributed by atoms with Crippen molar-refractivity contribution in [3.63, 3.8) is 0 Å². The molecular formula is C30H25FN4O3. The van der Waals surface area contributed by atoms with Crippen molar-refractivity contribution in [3.05, 3.63) is 108 Å². The normalized spacial score (nSPS) is 13.7. The molecule has 8 heteroatoms. The second kappa shape index (κ2) is 11.5. The molecular weight excluding hydrogens is 483 g/mol. The molecule has 38 heavy (non-hydrogen) atoms. The van der Waals surface area contributed by atoms with Gasteiger partial charge in [0.05, 0.1) is 24.6 Å². The summed E-state index contributed by atoms with van der Waals surface area (Å²) >= 11 is 0. The second-order valence-corrected chi connectivity index (χ2v) is 8.69. The lowest BCUT2D eigenvalue weighted by Crippen LogP contribution is -2.41. The van der Waals surface area contributed by atoms with Gasteiger partial charge in [-0.25, -0.2) is 9.07 Å². The molecule has 1 aliphatic rings.